The second kappa shape index (κ2) is 8.67. The van der Waals surface area contributed by atoms with Gasteiger partial charge < -0.3 is 15.1 Å². The van der Waals surface area contributed by atoms with Crippen molar-refractivity contribution in [3.8, 4) is 0 Å². The van der Waals surface area contributed by atoms with Crippen LogP contribution in [-0.4, -0.2) is 70.4 Å². The van der Waals surface area contributed by atoms with Crippen LogP contribution in [0.3, 0.4) is 0 Å². The monoisotopic (exact) mass is 442 g/mol. The van der Waals surface area contributed by atoms with Gasteiger partial charge in [-0.2, -0.15) is 0 Å². The molecule has 11 heteroatoms. The van der Waals surface area contributed by atoms with Crippen LogP contribution in [-0.2, 0) is 17.9 Å². The van der Waals surface area contributed by atoms with Crippen LogP contribution in [0, 0.1) is 0 Å². The molecule has 0 saturated heterocycles. The Hall–Kier alpha value is -3.31. The standard InChI is InChI=1S/C21H26N6O5/c1-25(19(30)8-11-27-16-5-3-2-4-15(16)23-24-27)14-6-9-21(32,17(28)12-14)13-26-10-7-18(29)22-20(26)31/h2-5,7,10,14,17,28,32H,6,8-9,11-13H2,1H3,(H,22,29,31)/t14-,17+,21+/m0/s1. The quantitative estimate of drug-likeness (QED) is 0.465. The zero-order valence-corrected chi connectivity index (χ0v) is 17.7. The lowest BCUT2D eigenvalue weighted by Gasteiger charge is -2.43. The first-order valence-corrected chi connectivity index (χ1v) is 10.5. The molecule has 3 atom stereocenters. The number of carbonyl (C=O) groups is 1. The first-order chi connectivity index (χ1) is 15.3. The molecule has 2 aromatic heterocycles. The average molecular weight is 442 g/mol. The van der Waals surface area contributed by atoms with Gasteiger partial charge in [-0.1, -0.05) is 17.3 Å². The number of aromatic amines is 1. The zero-order valence-electron chi connectivity index (χ0n) is 17.7. The van der Waals surface area contributed by atoms with Gasteiger partial charge >= 0.3 is 5.69 Å². The van der Waals surface area contributed by atoms with E-state index in [4.69, 9.17) is 0 Å². The lowest BCUT2D eigenvalue weighted by molar-refractivity contribution is -0.144. The maximum Gasteiger partial charge on any atom is 0.328 e. The molecule has 2 heterocycles. The summed E-state index contributed by atoms with van der Waals surface area (Å²) >= 11 is 0. The highest BCUT2D eigenvalue weighted by Crippen LogP contribution is 2.32. The predicted octanol–water partition coefficient (Wildman–Crippen LogP) is -0.525. The fraction of sp³-hybridized carbons (Fsp3) is 0.476. The Balaban J connectivity index is 1.36. The average Bonchev–Trinajstić information content (AvgIpc) is 3.19. The van der Waals surface area contributed by atoms with Crippen molar-refractivity contribution in [1.29, 1.82) is 0 Å². The first kappa shape index (κ1) is 21.9. The minimum Gasteiger partial charge on any atom is -0.390 e. The molecule has 1 aliphatic carbocycles. The third-order valence-corrected chi connectivity index (χ3v) is 6.27. The molecule has 4 rings (SSSR count). The number of rotatable bonds is 6. The van der Waals surface area contributed by atoms with Crippen LogP contribution in [0.5, 0.6) is 0 Å². The molecule has 1 aromatic carbocycles. The Morgan fingerprint density at radius 2 is 2.09 bits per heavy atom. The van der Waals surface area contributed by atoms with Crippen LogP contribution in [0.4, 0.5) is 0 Å². The molecule has 0 aliphatic heterocycles. The molecule has 11 nitrogen and oxygen atoms in total. The summed E-state index contributed by atoms with van der Waals surface area (Å²) in [4.78, 5) is 39.6. The molecule has 1 aliphatic rings. The number of para-hydroxylation sites is 1. The molecular formula is C21H26N6O5. The number of aromatic nitrogens is 5. The van der Waals surface area contributed by atoms with Crippen molar-refractivity contribution in [1.82, 2.24) is 29.4 Å². The summed E-state index contributed by atoms with van der Waals surface area (Å²) in [6.45, 7) is 0.242. The summed E-state index contributed by atoms with van der Waals surface area (Å²) in [7, 11) is 1.69. The number of hydrogen-bond donors (Lipinski definition) is 3. The van der Waals surface area contributed by atoms with E-state index in [0.29, 0.717) is 13.0 Å². The maximum absolute atomic E-state index is 12.8. The van der Waals surface area contributed by atoms with E-state index < -0.39 is 23.0 Å². The molecule has 170 valence electrons. The minimum atomic E-state index is -1.53. The first-order valence-electron chi connectivity index (χ1n) is 10.5. The van der Waals surface area contributed by atoms with Crippen molar-refractivity contribution < 1.29 is 15.0 Å². The fourth-order valence-corrected chi connectivity index (χ4v) is 4.24. The summed E-state index contributed by atoms with van der Waals surface area (Å²) in [6.07, 6.45) is 1.25. The van der Waals surface area contributed by atoms with Crippen molar-refractivity contribution in [2.45, 2.75) is 56.5 Å². The molecule has 0 spiro atoms. The van der Waals surface area contributed by atoms with Crippen LogP contribution in [0.25, 0.3) is 11.0 Å². The van der Waals surface area contributed by atoms with Crippen LogP contribution < -0.4 is 11.2 Å². The molecule has 0 unspecified atom stereocenters. The van der Waals surface area contributed by atoms with Gasteiger partial charge in [0, 0.05) is 31.8 Å². The van der Waals surface area contributed by atoms with Gasteiger partial charge in [-0.3, -0.25) is 19.1 Å². The van der Waals surface area contributed by atoms with Crippen molar-refractivity contribution in [3.63, 3.8) is 0 Å². The lowest BCUT2D eigenvalue weighted by atomic mass is 9.79. The number of aliphatic hydroxyl groups is 2. The fourth-order valence-electron chi connectivity index (χ4n) is 4.24. The number of benzene rings is 1. The molecule has 3 aromatic rings. The van der Waals surface area contributed by atoms with Gasteiger partial charge in [0.1, 0.15) is 11.1 Å². The van der Waals surface area contributed by atoms with E-state index in [0.717, 1.165) is 11.0 Å². The number of hydrogen-bond acceptors (Lipinski definition) is 7. The smallest absolute Gasteiger partial charge is 0.328 e. The third kappa shape index (κ3) is 4.34. The Bertz CT molecular complexity index is 1230. The normalized spacial score (nSPS) is 23.3. The van der Waals surface area contributed by atoms with Gasteiger partial charge in [-0.05, 0) is 31.4 Å². The van der Waals surface area contributed by atoms with E-state index >= 15 is 0 Å². The second-order valence-electron chi connectivity index (χ2n) is 8.34. The van der Waals surface area contributed by atoms with Gasteiger partial charge in [-0.25, -0.2) is 9.48 Å². The van der Waals surface area contributed by atoms with E-state index in [2.05, 4.69) is 15.3 Å². The van der Waals surface area contributed by atoms with Gasteiger partial charge in [-0.15, -0.1) is 5.10 Å². The largest absolute Gasteiger partial charge is 0.390 e. The van der Waals surface area contributed by atoms with Crippen molar-refractivity contribution in [3.05, 3.63) is 57.4 Å². The topological polar surface area (TPSA) is 146 Å². The molecule has 1 fully saturated rings. The Kier molecular flexibility index (Phi) is 5.94. The second-order valence-corrected chi connectivity index (χ2v) is 8.34. The van der Waals surface area contributed by atoms with Crippen molar-refractivity contribution >= 4 is 16.9 Å². The number of nitrogens with zero attached hydrogens (tertiary/aromatic N) is 5. The van der Waals surface area contributed by atoms with Gasteiger partial charge in [0.15, 0.2) is 0 Å². The van der Waals surface area contributed by atoms with Crippen LogP contribution in [0.15, 0.2) is 46.1 Å². The number of aliphatic hydroxyl groups excluding tert-OH is 1. The highest BCUT2D eigenvalue weighted by atomic mass is 16.3. The van der Waals surface area contributed by atoms with Gasteiger partial charge in [0.25, 0.3) is 5.56 Å². The molecular weight excluding hydrogens is 416 g/mol. The lowest BCUT2D eigenvalue weighted by Crippen LogP contribution is -2.55. The molecule has 1 amide bonds. The maximum atomic E-state index is 12.8. The Morgan fingerprint density at radius 3 is 2.84 bits per heavy atom. The van der Waals surface area contributed by atoms with Crippen LogP contribution in [0.2, 0.25) is 0 Å². The summed E-state index contributed by atoms with van der Waals surface area (Å²) in [5.74, 6) is -0.0934. The van der Waals surface area contributed by atoms with Crippen molar-refractivity contribution in [2.24, 2.45) is 0 Å². The highest BCUT2D eigenvalue weighted by Gasteiger charge is 2.43. The number of H-pyrrole nitrogens is 1. The number of aryl methyl sites for hydroxylation is 1. The summed E-state index contributed by atoms with van der Waals surface area (Å²) in [6, 6.07) is 8.48. The Labute approximate surface area is 182 Å². The van der Waals surface area contributed by atoms with E-state index in [1.54, 1.807) is 16.6 Å². The predicted molar refractivity (Wildman–Crippen MR) is 115 cm³/mol. The summed E-state index contributed by atoms with van der Waals surface area (Å²) in [5.41, 5.74) is -1.07. The Morgan fingerprint density at radius 1 is 1.31 bits per heavy atom. The van der Waals surface area contributed by atoms with Crippen LogP contribution >= 0.6 is 0 Å². The van der Waals surface area contributed by atoms with E-state index in [1.807, 2.05) is 24.3 Å². The highest BCUT2D eigenvalue weighted by molar-refractivity contribution is 5.77. The minimum absolute atomic E-state index is 0.0934. The van der Waals surface area contributed by atoms with Crippen LogP contribution in [0.1, 0.15) is 25.7 Å². The SMILES string of the molecule is CN(C(=O)CCn1nnc2ccccc21)[C@H]1CC[C@@](O)(Cn2ccc(=O)[nH]c2=O)[C@H](O)C1. The third-order valence-electron chi connectivity index (χ3n) is 6.27. The molecule has 0 radical (unpaired) electrons. The number of nitrogens with one attached hydrogen (secondary N) is 1. The van der Waals surface area contributed by atoms with Gasteiger partial charge in [0.05, 0.1) is 24.7 Å². The summed E-state index contributed by atoms with van der Waals surface area (Å²) < 4.78 is 2.86. The van der Waals surface area contributed by atoms with Crippen molar-refractivity contribution in [2.75, 3.05) is 7.05 Å². The molecule has 0 bridgehead atoms. The number of fused-ring (bicyclic) bond motifs is 1. The molecule has 32 heavy (non-hydrogen) atoms. The van der Waals surface area contributed by atoms with E-state index in [1.165, 1.54) is 16.8 Å². The molecule has 1 saturated carbocycles. The molecule has 3 N–H and O–H groups in total. The number of amides is 1. The van der Waals surface area contributed by atoms with Gasteiger partial charge in [0.2, 0.25) is 5.91 Å². The summed E-state index contributed by atoms with van der Waals surface area (Å²) in [5, 5.41) is 29.7. The zero-order chi connectivity index (χ0) is 22.9. The van der Waals surface area contributed by atoms with E-state index in [-0.39, 0.29) is 37.8 Å². The van der Waals surface area contributed by atoms with E-state index in [9.17, 15) is 24.6 Å². The number of carbonyl (C=O) groups excluding carboxylic acids is 1.